The lowest BCUT2D eigenvalue weighted by Crippen LogP contribution is -2.14. The van der Waals surface area contributed by atoms with Crippen molar-refractivity contribution in [2.75, 3.05) is 0 Å². The van der Waals surface area contributed by atoms with E-state index in [0.717, 1.165) is 94.1 Å². The number of hydrogen-bond donors (Lipinski definition) is 0. The van der Waals surface area contributed by atoms with Crippen LogP contribution < -0.4 is 0 Å². The van der Waals surface area contributed by atoms with Crippen LogP contribution in [-0.2, 0) is 6.42 Å². The molecular weight excluding hydrogens is 1130 g/mol. The minimum Gasteiger partial charge on any atom is -0.207 e. The zero-order chi connectivity index (χ0) is 64.7. The number of aryl methyl sites for hydroxylation is 1. The average molecular weight is 1260 g/mol. The van der Waals surface area contributed by atoms with Gasteiger partial charge in [-0.05, 0) is 278 Å². The van der Waals surface area contributed by atoms with E-state index in [2.05, 4.69) is 163 Å². The number of benzene rings is 7. The monoisotopic (exact) mass is 1260 g/mol. The largest absolute Gasteiger partial charge is 0.207 e. The van der Waals surface area contributed by atoms with Crippen molar-refractivity contribution >= 4 is 0 Å². The first-order chi connectivity index (χ1) is 45.6. The Morgan fingerprint density at radius 2 is 0.559 bits per heavy atom. The van der Waals surface area contributed by atoms with Crippen LogP contribution in [0.3, 0.4) is 0 Å². The fourth-order valence-electron chi connectivity index (χ4n) is 17.9. The van der Waals surface area contributed by atoms with E-state index in [1.54, 1.807) is 23.3 Å². The third kappa shape index (κ3) is 20.0. The van der Waals surface area contributed by atoms with Gasteiger partial charge in [0.2, 0.25) is 0 Å². The third-order valence-electron chi connectivity index (χ3n) is 23.8. The molecule has 0 saturated heterocycles. The van der Waals surface area contributed by atoms with Gasteiger partial charge in [0.05, 0.1) is 0 Å². The van der Waals surface area contributed by atoms with Crippen molar-refractivity contribution in [2.45, 2.75) is 283 Å². The summed E-state index contributed by atoms with van der Waals surface area (Å²) in [5.41, 5.74) is 16.8. The van der Waals surface area contributed by atoms with Crippen LogP contribution in [0.2, 0.25) is 0 Å². The first kappa shape index (κ1) is 70.2. The zero-order valence-electron chi connectivity index (χ0n) is 58.9. The van der Waals surface area contributed by atoms with Gasteiger partial charge in [-0.1, -0.05) is 264 Å². The highest BCUT2D eigenvalue weighted by Crippen LogP contribution is 2.44. The second-order valence-corrected chi connectivity index (χ2v) is 30.2. The van der Waals surface area contributed by atoms with Gasteiger partial charge in [0.15, 0.2) is 0 Å². The van der Waals surface area contributed by atoms with Crippen molar-refractivity contribution < 1.29 is 15.9 Å². The Balaban J connectivity index is 0.000000259. The van der Waals surface area contributed by atoms with Crippen LogP contribution in [0.1, 0.15) is 317 Å². The van der Waals surface area contributed by atoms with Crippen LogP contribution in [-0.4, -0.2) is 0 Å². The maximum Gasteiger partial charge on any atom is 0.131 e. The fraction of sp³-hybridized carbons (Fsp3) is 0.538. The number of hydrogen-bond acceptors (Lipinski definition) is 0. The van der Waals surface area contributed by atoms with Gasteiger partial charge in [-0.15, -0.1) is 0 Å². The smallest absolute Gasteiger partial charge is 0.131 e. The van der Waals surface area contributed by atoms with E-state index in [-0.39, 0.29) is 18.8 Å². The van der Waals surface area contributed by atoms with E-state index < -0.39 is 0 Å². The standard InChI is InChI=1S/C31H37F.C30H41F.C30H42.5H2/c1-3-5-6-7-24-10-12-25(13-11-24)26-16-18-27(19-17-26)29-20-21-30(31(32)22-29)28-14-8-23(4-2)9-15-28;1-3-5-22-7-11-24(12-8-22)25-15-17-26(18-16-25)28-19-20-29(30(31)21-28)27-13-9-23(6-4-2)10-14-27;1-3-5-23-7-11-25(12-8-23)27-15-19-29(20-16-27)30-21-17-28(18-22-30)26-13-9-24(6-4-2)10-14-26;;;;;/h8-9,14-22,24-25H,3-7,10-13H2,1-2H3;15-24,27H,3-14H2,1-2H3;15-26H,3-14H2,1-2H3;5*1H. The fourth-order valence-corrected chi connectivity index (χ4v) is 17.9. The van der Waals surface area contributed by atoms with Gasteiger partial charge in [-0.25, -0.2) is 8.78 Å². The second kappa shape index (κ2) is 36.5. The number of halogens is 2. The molecule has 0 amide bonds. The summed E-state index contributed by atoms with van der Waals surface area (Å²) < 4.78 is 30.0. The minimum atomic E-state index is -0.155. The van der Waals surface area contributed by atoms with Crippen molar-refractivity contribution in [1.82, 2.24) is 0 Å². The Labute approximate surface area is 572 Å². The molecule has 508 valence electrons. The summed E-state index contributed by atoms with van der Waals surface area (Å²) in [6.07, 6.45) is 44.3. The molecule has 0 atom stereocenters. The van der Waals surface area contributed by atoms with Crippen LogP contribution in [0.5, 0.6) is 0 Å². The van der Waals surface area contributed by atoms with Crippen LogP contribution in [0.4, 0.5) is 8.78 Å². The molecule has 0 spiro atoms. The Morgan fingerprint density at radius 1 is 0.269 bits per heavy atom. The van der Waals surface area contributed by atoms with Crippen molar-refractivity contribution in [1.29, 1.82) is 0 Å². The van der Waals surface area contributed by atoms with E-state index >= 15 is 4.39 Å². The van der Waals surface area contributed by atoms with Crippen molar-refractivity contribution in [3.63, 3.8) is 0 Å². The van der Waals surface area contributed by atoms with Gasteiger partial charge in [0, 0.05) is 12.7 Å². The van der Waals surface area contributed by atoms with Crippen LogP contribution >= 0.6 is 0 Å². The quantitative estimate of drug-likeness (QED) is 0.0594. The van der Waals surface area contributed by atoms with Crippen molar-refractivity contribution in [2.24, 2.45) is 29.6 Å². The molecule has 7 aromatic carbocycles. The summed E-state index contributed by atoms with van der Waals surface area (Å²) in [6, 6.07) is 56.8. The first-order valence-electron chi connectivity index (χ1n) is 38.7. The molecule has 0 radical (unpaired) electrons. The number of rotatable bonds is 22. The maximum absolute atomic E-state index is 15.0. The first-order valence-corrected chi connectivity index (χ1v) is 38.7. The lowest BCUT2D eigenvalue weighted by Gasteiger charge is -2.29. The van der Waals surface area contributed by atoms with Gasteiger partial charge in [-0.3, -0.25) is 0 Å². The topological polar surface area (TPSA) is 0 Å². The number of unbranched alkanes of at least 4 members (excludes halogenated alkanes) is 2. The molecule has 7 aromatic rings. The van der Waals surface area contributed by atoms with Crippen LogP contribution in [0.25, 0.3) is 44.5 Å². The van der Waals surface area contributed by atoms with E-state index in [9.17, 15) is 4.39 Å². The summed E-state index contributed by atoms with van der Waals surface area (Å²) >= 11 is 0. The molecule has 2 heteroatoms. The molecule has 0 bridgehead atoms. The van der Waals surface area contributed by atoms with E-state index in [1.807, 2.05) is 24.3 Å². The Morgan fingerprint density at radius 3 is 0.871 bits per heavy atom. The Bertz CT molecular complexity index is 3180. The van der Waals surface area contributed by atoms with Crippen molar-refractivity contribution in [3.8, 4) is 44.5 Å². The molecule has 0 aromatic heterocycles. The summed E-state index contributed by atoms with van der Waals surface area (Å²) in [4.78, 5) is 0. The summed E-state index contributed by atoms with van der Waals surface area (Å²) in [6.45, 7) is 13.7. The second-order valence-electron chi connectivity index (χ2n) is 30.2. The van der Waals surface area contributed by atoms with Crippen molar-refractivity contribution in [3.05, 3.63) is 203 Å². The lowest BCUT2D eigenvalue weighted by molar-refractivity contribution is 0.303. The van der Waals surface area contributed by atoms with E-state index in [1.165, 1.54) is 220 Å². The molecule has 5 aliphatic rings. The molecule has 0 unspecified atom stereocenters. The molecule has 0 N–H and O–H groups in total. The third-order valence-corrected chi connectivity index (χ3v) is 23.8. The Kier molecular flexibility index (Phi) is 27.6. The van der Waals surface area contributed by atoms with Gasteiger partial charge in [0.25, 0.3) is 0 Å². The van der Waals surface area contributed by atoms with Gasteiger partial charge >= 0.3 is 0 Å². The Hall–Kier alpha value is -5.60. The van der Waals surface area contributed by atoms with Gasteiger partial charge in [0.1, 0.15) is 11.6 Å². The van der Waals surface area contributed by atoms with Gasteiger partial charge < -0.3 is 0 Å². The normalized spacial score (nSPS) is 24.0. The summed E-state index contributed by atoms with van der Waals surface area (Å²) in [5, 5.41) is 0. The lowest BCUT2D eigenvalue weighted by atomic mass is 9.76. The molecule has 0 aliphatic heterocycles. The summed E-state index contributed by atoms with van der Waals surface area (Å²) in [7, 11) is 0. The van der Waals surface area contributed by atoms with E-state index in [4.69, 9.17) is 0 Å². The molecule has 12 rings (SSSR count). The van der Waals surface area contributed by atoms with Crippen LogP contribution in [0, 0.1) is 41.2 Å². The molecule has 5 fully saturated rings. The van der Waals surface area contributed by atoms with Crippen LogP contribution in [0.15, 0.2) is 158 Å². The molecular formula is C91H130F2. The predicted octanol–water partition coefficient (Wildman–Crippen LogP) is 29.9. The minimum absolute atomic E-state index is 0. The highest BCUT2D eigenvalue weighted by molar-refractivity contribution is 5.72. The zero-order valence-corrected chi connectivity index (χ0v) is 58.9. The SMILES string of the molecule is CCCC1CCC(c2ccc(-c3ccc(C4CCC(CCC)CC4)c(F)c3)cc2)CC1.CCCC1CCC(c2ccc(-c3ccc(C4CCC(CCC)CC4)cc3)cc2)CC1.CCCCCC1CCC(c2ccc(-c3ccc(-c4ccc(CC)cc4)c(F)c3)cc2)CC1.[HH].[HH].[HH].[HH].[HH]. The highest BCUT2D eigenvalue weighted by Gasteiger charge is 2.28. The predicted molar refractivity (Wildman–Crippen MR) is 408 cm³/mol. The molecule has 0 nitrogen and oxygen atoms in total. The van der Waals surface area contributed by atoms with Gasteiger partial charge in [-0.2, -0.15) is 0 Å². The highest BCUT2D eigenvalue weighted by atomic mass is 19.1. The molecule has 93 heavy (non-hydrogen) atoms. The molecule has 5 saturated carbocycles. The molecule has 0 heterocycles. The molecule has 5 aliphatic carbocycles. The maximum atomic E-state index is 15.0. The average Bonchev–Trinajstić information content (AvgIpc) is 0.824. The van der Waals surface area contributed by atoms with E-state index in [0.29, 0.717) is 23.3 Å². The summed E-state index contributed by atoms with van der Waals surface area (Å²) in [5.74, 6) is 7.97.